The highest BCUT2D eigenvalue weighted by Gasteiger charge is 2.23. The molecule has 0 aliphatic carbocycles. The molecule has 0 radical (unpaired) electrons. The average Bonchev–Trinajstić information content (AvgIpc) is 2.91. The van der Waals surface area contributed by atoms with Crippen LogP contribution in [0, 0.1) is 6.92 Å². The smallest absolute Gasteiger partial charge is 0.340 e. The molecule has 0 aliphatic heterocycles. The SMILES string of the molecule is Cc1cc(NC(=O)C(C)OC(=O)c2cc(S(N)(=O)=O)ccc2Br)on1. The fraction of sp³-hybridized carbons (Fsp3) is 0.214. The summed E-state index contributed by atoms with van der Waals surface area (Å²) in [6.07, 6.45) is -1.16. The van der Waals surface area contributed by atoms with E-state index in [1.807, 2.05) is 0 Å². The Kier molecular flexibility index (Phi) is 5.60. The number of sulfonamides is 1. The van der Waals surface area contributed by atoms with Crippen molar-refractivity contribution in [1.82, 2.24) is 5.16 Å². The Labute approximate surface area is 151 Å². The molecule has 0 saturated carbocycles. The summed E-state index contributed by atoms with van der Waals surface area (Å²) in [6.45, 7) is 3.03. The van der Waals surface area contributed by atoms with Crippen LogP contribution in [0.25, 0.3) is 0 Å². The number of rotatable bonds is 5. The summed E-state index contributed by atoms with van der Waals surface area (Å²) in [4.78, 5) is 24.0. The number of nitrogens with two attached hydrogens (primary N) is 1. The molecule has 25 heavy (non-hydrogen) atoms. The highest BCUT2D eigenvalue weighted by molar-refractivity contribution is 9.10. The molecule has 1 atom stereocenters. The molecule has 2 aromatic rings. The predicted octanol–water partition coefficient (Wildman–Crippen LogP) is 1.58. The highest BCUT2D eigenvalue weighted by atomic mass is 79.9. The Morgan fingerprint density at radius 1 is 1.36 bits per heavy atom. The molecule has 1 unspecified atom stereocenters. The number of ether oxygens (including phenoxy) is 1. The van der Waals surface area contributed by atoms with E-state index in [0.717, 1.165) is 6.07 Å². The standard InChI is InChI=1S/C14H14BrN3O6S/c1-7-5-12(24-18-7)17-13(19)8(2)23-14(20)10-6-9(25(16,21)22)3-4-11(10)15/h3-6,8H,1-2H3,(H,17,19)(H2,16,21,22). The minimum absolute atomic E-state index is 0.0818. The number of aryl methyl sites for hydroxylation is 1. The molecule has 0 saturated heterocycles. The number of halogens is 1. The second-order valence-corrected chi connectivity index (χ2v) is 7.47. The number of carbonyl (C=O) groups excluding carboxylic acids is 2. The summed E-state index contributed by atoms with van der Waals surface area (Å²) in [7, 11) is -3.99. The van der Waals surface area contributed by atoms with Crippen LogP contribution in [0.5, 0.6) is 0 Å². The summed E-state index contributed by atoms with van der Waals surface area (Å²) in [5, 5.41) is 11.0. The molecule has 9 nitrogen and oxygen atoms in total. The lowest BCUT2D eigenvalue weighted by Crippen LogP contribution is -2.30. The van der Waals surface area contributed by atoms with Crippen molar-refractivity contribution in [3.05, 3.63) is 40.0 Å². The van der Waals surface area contributed by atoms with E-state index in [2.05, 4.69) is 26.4 Å². The van der Waals surface area contributed by atoms with Gasteiger partial charge >= 0.3 is 5.97 Å². The van der Waals surface area contributed by atoms with E-state index in [4.69, 9.17) is 14.4 Å². The number of primary sulfonamides is 1. The maximum atomic E-state index is 12.2. The Hall–Kier alpha value is -2.24. The Bertz CT molecular complexity index is 924. The van der Waals surface area contributed by atoms with Crippen molar-refractivity contribution in [2.24, 2.45) is 5.14 Å². The van der Waals surface area contributed by atoms with Gasteiger partial charge in [-0.25, -0.2) is 18.4 Å². The quantitative estimate of drug-likeness (QED) is 0.683. The molecular weight excluding hydrogens is 418 g/mol. The van der Waals surface area contributed by atoms with Gasteiger partial charge in [-0.1, -0.05) is 5.16 Å². The topological polar surface area (TPSA) is 142 Å². The first-order chi connectivity index (χ1) is 11.6. The summed E-state index contributed by atoms with van der Waals surface area (Å²) in [6, 6.07) is 5.14. The van der Waals surface area contributed by atoms with Gasteiger partial charge in [-0.3, -0.25) is 10.1 Å². The number of hydrogen-bond acceptors (Lipinski definition) is 7. The van der Waals surface area contributed by atoms with Crippen molar-refractivity contribution in [2.45, 2.75) is 24.8 Å². The summed E-state index contributed by atoms with van der Waals surface area (Å²) in [5.74, 6) is -1.42. The number of anilines is 1. The lowest BCUT2D eigenvalue weighted by Gasteiger charge is -2.13. The van der Waals surface area contributed by atoms with E-state index in [-0.39, 0.29) is 16.3 Å². The monoisotopic (exact) mass is 431 g/mol. The van der Waals surface area contributed by atoms with Crippen LogP contribution in [0.1, 0.15) is 23.0 Å². The first kappa shape index (κ1) is 19.1. The predicted molar refractivity (Wildman–Crippen MR) is 90.3 cm³/mol. The lowest BCUT2D eigenvalue weighted by atomic mass is 10.2. The van der Waals surface area contributed by atoms with E-state index in [9.17, 15) is 18.0 Å². The molecule has 1 amide bonds. The number of amides is 1. The number of aromatic nitrogens is 1. The van der Waals surface area contributed by atoms with Crippen molar-refractivity contribution in [3.63, 3.8) is 0 Å². The van der Waals surface area contributed by atoms with Crippen molar-refractivity contribution in [2.75, 3.05) is 5.32 Å². The second-order valence-electron chi connectivity index (χ2n) is 5.06. The molecule has 0 aliphatic rings. The summed E-state index contributed by atoms with van der Waals surface area (Å²) >= 11 is 3.12. The molecular formula is C14H14BrN3O6S. The number of esters is 1. The number of nitrogens with one attached hydrogen (secondary N) is 1. The van der Waals surface area contributed by atoms with Crippen molar-refractivity contribution in [1.29, 1.82) is 0 Å². The van der Waals surface area contributed by atoms with Crippen LogP contribution in [0.3, 0.4) is 0 Å². The Balaban J connectivity index is 2.12. The Morgan fingerprint density at radius 2 is 2.04 bits per heavy atom. The van der Waals surface area contributed by atoms with Crippen LogP contribution in [-0.2, 0) is 19.6 Å². The molecule has 134 valence electrons. The molecule has 0 bridgehead atoms. The third-order valence-corrected chi connectivity index (χ3v) is 4.62. The van der Waals surface area contributed by atoms with Crippen LogP contribution in [-0.4, -0.2) is 31.6 Å². The van der Waals surface area contributed by atoms with Gasteiger partial charge in [0.05, 0.1) is 16.2 Å². The fourth-order valence-electron chi connectivity index (χ4n) is 1.76. The maximum Gasteiger partial charge on any atom is 0.340 e. The zero-order valence-electron chi connectivity index (χ0n) is 13.1. The molecule has 3 N–H and O–H groups in total. The fourth-order valence-corrected chi connectivity index (χ4v) is 2.71. The first-order valence-corrected chi connectivity index (χ1v) is 9.19. The van der Waals surface area contributed by atoms with Gasteiger partial charge in [0.25, 0.3) is 5.91 Å². The zero-order chi connectivity index (χ0) is 18.8. The summed E-state index contributed by atoms with van der Waals surface area (Å²) < 4.78 is 32.9. The van der Waals surface area contributed by atoms with Gasteiger partial charge in [-0.05, 0) is 48.0 Å². The first-order valence-electron chi connectivity index (χ1n) is 6.85. The van der Waals surface area contributed by atoms with E-state index in [1.165, 1.54) is 25.1 Å². The molecule has 1 aromatic heterocycles. The molecule has 0 fully saturated rings. The van der Waals surface area contributed by atoms with Gasteiger partial charge in [0.15, 0.2) is 6.10 Å². The van der Waals surface area contributed by atoms with Crippen LogP contribution >= 0.6 is 15.9 Å². The summed E-state index contributed by atoms with van der Waals surface area (Å²) in [5.41, 5.74) is 0.491. The molecule has 1 heterocycles. The lowest BCUT2D eigenvalue weighted by molar-refractivity contribution is -0.123. The van der Waals surface area contributed by atoms with E-state index >= 15 is 0 Å². The van der Waals surface area contributed by atoms with Gasteiger partial charge in [-0.2, -0.15) is 0 Å². The van der Waals surface area contributed by atoms with Gasteiger partial charge in [0.2, 0.25) is 15.9 Å². The van der Waals surface area contributed by atoms with Gasteiger partial charge in [0, 0.05) is 10.5 Å². The maximum absolute atomic E-state index is 12.2. The van der Waals surface area contributed by atoms with Crippen molar-refractivity contribution < 1.29 is 27.3 Å². The molecule has 2 rings (SSSR count). The second kappa shape index (κ2) is 7.33. The van der Waals surface area contributed by atoms with Crippen LogP contribution < -0.4 is 10.5 Å². The highest BCUT2D eigenvalue weighted by Crippen LogP contribution is 2.22. The molecule has 0 spiro atoms. The minimum Gasteiger partial charge on any atom is -0.449 e. The minimum atomic E-state index is -3.99. The Morgan fingerprint density at radius 3 is 2.60 bits per heavy atom. The molecule has 11 heteroatoms. The largest absolute Gasteiger partial charge is 0.449 e. The van der Waals surface area contributed by atoms with Crippen LogP contribution in [0.2, 0.25) is 0 Å². The normalized spacial score (nSPS) is 12.5. The third-order valence-electron chi connectivity index (χ3n) is 3.01. The van der Waals surface area contributed by atoms with E-state index in [0.29, 0.717) is 10.2 Å². The third kappa shape index (κ3) is 4.87. The van der Waals surface area contributed by atoms with Gasteiger partial charge in [-0.15, -0.1) is 0 Å². The van der Waals surface area contributed by atoms with Crippen molar-refractivity contribution >= 4 is 43.7 Å². The molecule has 1 aromatic carbocycles. The van der Waals surface area contributed by atoms with Crippen molar-refractivity contribution in [3.8, 4) is 0 Å². The average molecular weight is 432 g/mol. The number of carbonyl (C=O) groups is 2. The number of benzene rings is 1. The zero-order valence-corrected chi connectivity index (χ0v) is 15.5. The number of nitrogens with zero attached hydrogens (tertiary/aromatic N) is 1. The van der Waals surface area contributed by atoms with Crippen LogP contribution in [0.4, 0.5) is 5.88 Å². The van der Waals surface area contributed by atoms with E-state index < -0.39 is 28.0 Å². The number of hydrogen-bond donors (Lipinski definition) is 2. The van der Waals surface area contributed by atoms with E-state index in [1.54, 1.807) is 6.92 Å². The van der Waals surface area contributed by atoms with Crippen LogP contribution in [0.15, 0.2) is 38.2 Å². The van der Waals surface area contributed by atoms with Gasteiger partial charge < -0.3 is 9.26 Å². The van der Waals surface area contributed by atoms with Gasteiger partial charge in [0.1, 0.15) is 0 Å².